The van der Waals surface area contributed by atoms with Gasteiger partial charge in [0.05, 0.1) is 27.4 Å². The Morgan fingerprint density at radius 3 is 2.23 bits per heavy atom. The first-order valence-corrected chi connectivity index (χ1v) is 22.6. The molecule has 0 bridgehead atoms. The van der Waals surface area contributed by atoms with E-state index in [2.05, 4.69) is 134 Å². The van der Waals surface area contributed by atoms with E-state index in [0.717, 1.165) is 80.2 Å². The highest BCUT2D eigenvalue weighted by Gasteiger charge is 2.34. The van der Waals surface area contributed by atoms with Gasteiger partial charge in [-0.2, -0.15) is 4.58 Å². The van der Waals surface area contributed by atoms with Crippen molar-refractivity contribution < 1.29 is 17.7 Å². The molecular weight excluding hydrogens is 721 g/mol. The molecule has 0 saturated carbocycles. The summed E-state index contributed by atoms with van der Waals surface area (Å²) in [5.74, 6) is 0.733. The number of ether oxygens (including phenoxy) is 1. The highest BCUT2D eigenvalue weighted by Crippen LogP contribution is 2.42. The van der Waals surface area contributed by atoms with Gasteiger partial charge in [-0.05, 0) is 96.0 Å². The zero-order valence-corrected chi connectivity index (χ0v) is 34.7. The van der Waals surface area contributed by atoms with Gasteiger partial charge < -0.3 is 9.30 Å². The zero-order valence-electron chi connectivity index (χ0n) is 33.9. The molecule has 0 radical (unpaired) electrons. The van der Waals surface area contributed by atoms with E-state index < -0.39 is 9.84 Å². The predicted octanol–water partition coefficient (Wildman–Crippen LogP) is 12.0. The van der Waals surface area contributed by atoms with Gasteiger partial charge in [0.1, 0.15) is 12.3 Å². The number of rotatable bonds is 15. The van der Waals surface area contributed by atoms with Gasteiger partial charge >= 0.3 is 0 Å². The fourth-order valence-corrected chi connectivity index (χ4v) is 10.7. The number of hydrogen-bond donors (Lipinski definition) is 0. The number of allylic oxidation sites excluding steroid dienone is 5. The van der Waals surface area contributed by atoms with Crippen LogP contribution in [0, 0.1) is 5.92 Å². The van der Waals surface area contributed by atoms with Crippen molar-refractivity contribution in [2.75, 3.05) is 13.2 Å². The van der Waals surface area contributed by atoms with E-state index >= 15 is 8.42 Å². The first-order valence-electron chi connectivity index (χ1n) is 21.1. The highest BCUT2D eigenvalue weighted by atomic mass is 32.2. The fraction of sp³-hybridized carbons (Fsp3) is 0.314. The van der Waals surface area contributed by atoms with Crippen molar-refractivity contribution >= 4 is 59.8 Å². The smallest absolute Gasteiger partial charge is 0.214 e. The first-order chi connectivity index (χ1) is 27.8. The second kappa shape index (κ2) is 16.7. The van der Waals surface area contributed by atoms with Crippen molar-refractivity contribution in [3.8, 4) is 5.75 Å². The zero-order chi connectivity index (χ0) is 39.5. The number of aromatic nitrogens is 1. The van der Waals surface area contributed by atoms with Crippen LogP contribution in [0.3, 0.4) is 0 Å². The number of hydrogen-bond acceptors (Lipinski definition) is 3. The third kappa shape index (κ3) is 7.29. The minimum atomic E-state index is -3.93. The minimum Gasteiger partial charge on any atom is -0.494 e. The quantitative estimate of drug-likeness (QED) is 0.0771. The predicted molar refractivity (Wildman–Crippen MR) is 238 cm³/mol. The summed E-state index contributed by atoms with van der Waals surface area (Å²) in [5, 5.41) is 7.31. The van der Waals surface area contributed by atoms with Crippen molar-refractivity contribution in [1.82, 2.24) is 4.57 Å². The van der Waals surface area contributed by atoms with Crippen molar-refractivity contribution in [2.24, 2.45) is 5.92 Å². The van der Waals surface area contributed by atoms with Crippen LogP contribution in [0.4, 0.5) is 5.69 Å². The molecule has 8 rings (SSSR count). The molecule has 6 aromatic rings. The summed E-state index contributed by atoms with van der Waals surface area (Å²) < 4.78 is 41.1. The molecule has 0 N–H and O–H groups in total. The molecule has 2 aliphatic rings. The lowest BCUT2D eigenvalue weighted by atomic mass is 9.85. The van der Waals surface area contributed by atoms with Crippen LogP contribution in [0.25, 0.3) is 38.5 Å². The van der Waals surface area contributed by atoms with Crippen LogP contribution >= 0.6 is 0 Å². The Morgan fingerprint density at radius 2 is 1.47 bits per heavy atom. The molecule has 5 aromatic carbocycles. The van der Waals surface area contributed by atoms with Crippen LogP contribution in [0.2, 0.25) is 0 Å². The van der Waals surface area contributed by atoms with E-state index in [9.17, 15) is 0 Å². The summed E-state index contributed by atoms with van der Waals surface area (Å²) in [6.45, 7) is 11.2. The standard InChI is InChI=1S/C51H55N2O3S/c1-5-8-33-52-45(43-19-11-15-37-17-13-21-47(52)49(37)43)31-25-39-24-23-36(4)42(51(39)57(54,55)41-28-26-40(27-29-41)56-35-10-7-3)30-32-46-44-20-12-16-38-18-14-22-48(50(38)44)53(46)34-9-6-2/h11-22,25-32,36H,5-10,23-24,33-35H2,1-4H3/q+1. The number of aryl methyl sites for hydroxylation is 1. The molecular formula is C51H55N2O3S+. The van der Waals surface area contributed by atoms with Crippen molar-refractivity contribution in [3.63, 3.8) is 0 Å². The van der Waals surface area contributed by atoms with Gasteiger partial charge in [-0.3, -0.25) is 0 Å². The average Bonchev–Trinajstić information content (AvgIpc) is 3.71. The van der Waals surface area contributed by atoms with Gasteiger partial charge in [-0.1, -0.05) is 114 Å². The Bertz CT molecular complexity index is 2740. The molecule has 0 saturated heterocycles. The third-order valence-electron chi connectivity index (χ3n) is 11.9. The topological polar surface area (TPSA) is 51.3 Å². The van der Waals surface area contributed by atoms with Crippen LogP contribution < -0.4 is 10.1 Å². The number of unbranched alkanes of at least 4 members (excludes halogenated alkanes) is 3. The molecule has 1 aliphatic heterocycles. The molecule has 0 fully saturated rings. The first kappa shape index (κ1) is 38.7. The summed E-state index contributed by atoms with van der Waals surface area (Å²) in [4.78, 5) is 0.717. The van der Waals surface area contributed by atoms with Crippen LogP contribution in [-0.4, -0.2) is 36.4 Å². The van der Waals surface area contributed by atoms with Gasteiger partial charge in [0, 0.05) is 46.7 Å². The molecule has 1 unspecified atom stereocenters. The minimum absolute atomic E-state index is 0.0438. The second-order valence-corrected chi connectivity index (χ2v) is 17.6. The van der Waals surface area contributed by atoms with E-state index in [4.69, 9.17) is 4.74 Å². The summed E-state index contributed by atoms with van der Waals surface area (Å²) in [7, 11) is -3.93. The Morgan fingerprint density at radius 1 is 0.772 bits per heavy atom. The molecule has 57 heavy (non-hydrogen) atoms. The van der Waals surface area contributed by atoms with Crippen molar-refractivity contribution in [2.45, 2.75) is 90.5 Å². The van der Waals surface area contributed by atoms with E-state index in [-0.39, 0.29) is 10.8 Å². The largest absolute Gasteiger partial charge is 0.494 e. The van der Waals surface area contributed by atoms with Gasteiger partial charge in [-0.15, -0.1) is 0 Å². The average molecular weight is 776 g/mol. The number of benzene rings is 5. The highest BCUT2D eigenvalue weighted by molar-refractivity contribution is 7.95. The second-order valence-electron chi connectivity index (χ2n) is 15.7. The summed E-state index contributed by atoms with van der Waals surface area (Å²) in [5.41, 5.74) is 6.49. The lowest BCUT2D eigenvalue weighted by molar-refractivity contribution is -0.436. The molecule has 1 aromatic heterocycles. The van der Waals surface area contributed by atoms with E-state index in [1.165, 1.54) is 43.7 Å². The molecule has 0 amide bonds. The Balaban J connectivity index is 1.32. The molecule has 0 spiro atoms. The number of nitrogens with zero attached hydrogens (tertiary/aromatic N) is 2. The van der Waals surface area contributed by atoms with Crippen molar-refractivity contribution in [1.29, 1.82) is 0 Å². The normalized spacial score (nSPS) is 17.2. The Kier molecular flexibility index (Phi) is 11.3. The van der Waals surface area contributed by atoms with E-state index in [1.807, 2.05) is 0 Å². The lowest BCUT2D eigenvalue weighted by Gasteiger charge is -2.26. The maximum atomic E-state index is 15.2. The summed E-state index contributed by atoms with van der Waals surface area (Å²) in [6, 6.07) is 33.2. The van der Waals surface area contributed by atoms with Crippen LogP contribution in [0.1, 0.15) is 84.6 Å². The molecule has 1 atom stereocenters. The van der Waals surface area contributed by atoms with Gasteiger partial charge in [0.25, 0.3) is 0 Å². The maximum absolute atomic E-state index is 15.2. The van der Waals surface area contributed by atoms with Crippen LogP contribution in [0.15, 0.2) is 136 Å². The van der Waals surface area contributed by atoms with Crippen LogP contribution in [0.5, 0.6) is 5.75 Å². The summed E-state index contributed by atoms with van der Waals surface area (Å²) >= 11 is 0. The van der Waals surface area contributed by atoms with Gasteiger partial charge in [-0.25, -0.2) is 8.42 Å². The lowest BCUT2D eigenvalue weighted by Crippen LogP contribution is -2.19. The maximum Gasteiger partial charge on any atom is 0.214 e. The molecule has 5 nitrogen and oxygen atoms in total. The monoisotopic (exact) mass is 775 g/mol. The van der Waals surface area contributed by atoms with Gasteiger partial charge in [0.2, 0.25) is 21.2 Å². The molecule has 6 heteroatoms. The van der Waals surface area contributed by atoms with E-state index in [0.29, 0.717) is 23.7 Å². The third-order valence-corrected chi connectivity index (χ3v) is 13.8. The van der Waals surface area contributed by atoms with Crippen molar-refractivity contribution in [3.05, 3.63) is 142 Å². The summed E-state index contributed by atoms with van der Waals surface area (Å²) in [6.07, 6.45) is 16.4. The SMILES string of the molecule is CCCCOc1ccc(S(=O)(=O)C2=C(/C=C/C3=[N+](CCCC)c4cccc5cccc3c45)C(C)CC/C2=C\C=c2/c3cccc4cccc(c43)n2CCCC)cc1. The fourth-order valence-electron chi connectivity index (χ4n) is 8.84. The Hall–Kier alpha value is -5.20. The molecule has 2 heterocycles. The molecule has 292 valence electrons. The van der Waals surface area contributed by atoms with E-state index in [1.54, 1.807) is 24.3 Å². The number of sulfone groups is 1. The van der Waals surface area contributed by atoms with Gasteiger partial charge in [0.15, 0.2) is 0 Å². The Labute approximate surface area is 338 Å². The molecule has 1 aliphatic carbocycles. The van der Waals surface area contributed by atoms with Crippen LogP contribution in [-0.2, 0) is 16.4 Å².